The van der Waals surface area contributed by atoms with Gasteiger partial charge in [-0.15, -0.1) is 11.3 Å². The summed E-state index contributed by atoms with van der Waals surface area (Å²) in [5.41, 5.74) is 12.9. The number of benzene rings is 8. The van der Waals surface area contributed by atoms with E-state index in [0.29, 0.717) is 17.5 Å². The second kappa shape index (κ2) is 14.3. The third-order valence-corrected chi connectivity index (χ3v) is 14.0. The normalized spacial score (nSPS) is 13.7. The van der Waals surface area contributed by atoms with Crippen molar-refractivity contribution in [1.82, 2.24) is 24.1 Å². The first-order valence-corrected chi connectivity index (χ1v) is 22.3. The van der Waals surface area contributed by atoms with Crippen molar-refractivity contribution in [3.05, 3.63) is 217 Å². The van der Waals surface area contributed by atoms with Crippen LogP contribution < -0.4 is 0 Å². The molecule has 296 valence electrons. The lowest BCUT2D eigenvalue weighted by Gasteiger charge is -2.21. The van der Waals surface area contributed by atoms with E-state index in [1.807, 2.05) is 47.7 Å². The van der Waals surface area contributed by atoms with Crippen LogP contribution in [0.4, 0.5) is 0 Å². The monoisotopic (exact) mass is 823 g/mol. The maximum absolute atomic E-state index is 5.15. The van der Waals surface area contributed by atoms with Gasteiger partial charge in [-0.3, -0.25) is 0 Å². The maximum Gasteiger partial charge on any atom is 0.165 e. The molecule has 6 heteroatoms. The molecule has 5 nitrogen and oxygen atoms in total. The summed E-state index contributed by atoms with van der Waals surface area (Å²) in [7, 11) is 0. The minimum Gasteiger partial charge on any atom is -0.311 e. The van der Waals surface area contributed by atoms with Crippen LogP contribution in [0.2, 0.25) is 0 Å². The SMILES string of the molecule is C1=CC(c2ccc3c4ccccc4n(-c4ccccc4)c3c2)Cc2c1c1ccccc1n2-c1cccc2c1sc1c(-c3nc(-c4ccccc4)nc(-c4ccccc4)n3)cccc12. The van der Waals surface area contributed by atoms with Gasteiger partial charge in [0.05, 0.1) is 26.9 Å². The van der Waals surface area contributed by atoms with Gasteiger partial charge in [-0.2, -0.15) is 0 Å². The van der Waals surface area contributed by atoms with Crippen molar-refractivity contribution in [3.63, 3.8) is 0 Å². The smallest absolute Gasteiger partial charge is 0.165 e. The summed E-state index contributed by atoms with van der Waals surface area (Å²) in [6, 6.07) is 69.2. The molecule has 8 aromatic carbocycles. The zero-order valence-corrected chi connectivity index (χ0v) is 34.9. The van der Waals surface area contributed by atoms with Gasteiger partial charge in [0.25, 0.3) is 0 Å². The van der Waals surface area contributed by atoms with Crippen LogP contribution in [-0.2, 0) is 6.42 Å². The molecule has 4 aromatic heterocycles. The van der Waals surface area contributed by atoms with Crippen LogP contribution in [0.1, 0.15) is 22.7 Å². The van der Waals surface area contributed by atoms with Crippen molar-refractivity contribution in [3.8, 4) is 45.5 Å². The van der Waals surface area contributed by atoms with Gasteiger partial charge in [-0.05, 0) is 54.4 Å². The molecule has 63 heavy (non-hydrogen) atoms. The summed E-state index contributed by atoms with van der Waals surface area (Å²) in [4.78, 5) is 15.3. The van der Waals surface area contributed by atoms with Crippen LogP contribution in [0.15, 0.2) is 200 Å². The minimum absolute atomic E-state index is 0.196. The van der Waals surface area contributed by atoms with Crippen molar-refractivity contribution in [2.24, 2.45) is 0 Å². The molecular formula is C57H37N5S. The standard InChI is InChI=1S/C57H37N5S/c1-4-16-36(17-5-1)55-58-56(37-18-6-2-7-19-37)60-57(59-55)47-26-14-24-45-46-25-15-29-50(54(46)63-53(45)47)62-49-28-13-11-23-42(49)44-33-31-39(35-52(44)62)38-30-32-43-41-22-10-12-27-48(41)61(51(43)34-38)40-20-8-3-9-21-40/h1-34,39H,35H2. The van der Waals surface area contributed by atoms with Gasteiger partial charge in [0.15, 0.2) is 17.5 Å². The average Bonchev–Trinajstić information content (AvgIpc) is 4.02. The van der Waals surface area contributed by atoms with E-state index in [-0.39, 0.29) is 5.92 Å². The third kappa shape index (κ3) is 5.72. The second-order valence-electron chi connectivity index (χ2n) is 16.3. The van der Waals surface area contributed by atoms with Gasteiger partial charge in [-0.1, -0.05) is 164 Å². The lowest BCUT2D eigenvalue weighted by molar-refractivity contribution is 0.785. The summed E-state index contributed by atoms with van der Waals surface area (Å²) in [6.45, 7) is 0. The van der Waals surface area contributed by atoms with Gasteiger partial charge >= 0.3 is 0 Å². The molecule has 1 atom stereocenters. The fourth-order valence-corrected chi connectivity index (χ4v) is 11.2. The number of allylic oxidation sites excluding steroid dienone is 1. The van der Waals surface area contributed by atoms with E-state index in [1.54, 1.807) is 0 Å². The number of para-hydroxylation sites is 3. The summed E-state index contributed by atoms with van der Waals surface area (Å²) in [5, 5.41) is 6.24. The predicted molar refractivity (Wildman–Crippen MR) is 262 cm³/mol. The minimum atomic E-state index is 0.196. The molecular weight excluding hydrogens is 787 g/mol. The molecule has 1 aliphatic rings. The number of rotatable bonds is 6. The average molecular weight is 824 g/mol. The molecule has 0 saturated carbocycles. The molecule has 0 fully saturated rings. The topological polar surface area (TPSA) is 48.5 Å². The molecule has 12 aromatic rings. The van der Waals surface area contributed by atoms with E-state index in [1.165, 1.54) is 76.4 Å². The Morgan fingerprint density at radius 2 is 1.02 bits per heavy atom. The number of aromatic nitrogens is 5. The summed E-state index contributed by atoms with van der Waals surface area (Å²) < 4.78 is 7.36. The number of hydrogen-bond donors (Lipinski definition) is 0. The first kappa shape index (κ1) is 35.8. The van der Waals surface area contributed by atoms with E-state index in [2.05, 4.69) is 179 Å². The number of hydrogen-bond acceptors (Lipinski definition) is 4. The molecule has 13 rings (SSSR count). The van der Waals surface area contributed by atoms with Crippen molar-refractivity contribution < 1.29 is 0 Å². The number of fused-ring (bicyclic) bond motifs is 9. The van der Waals surface area contributed by atoms with Crippen molar-refractivity contribution in [2.45, 2.75) is 12.3 Å². The summed E-state index contributed by atoms with van der Waals surface area (Å²) in [6.07, 6.45) is 5.67. The Morgan fingerprint density at radius 1 is 0.444 bits per heavy atom. The van der Waals surface area contributed by atoms with Crippen molar-refractivity contribution in [2.75, 3.05) is 0 Å². The Balaban J connectivity index is 0.970. The zero-order chi connectivity index (χ0) is 41.4. The quantitative estimate of drug-likeness (QED) is 0.168. The zero-order valence-electron chi connectivity index (χ0n) is 34.1. The molecule has 1 aliphatic carbocycles. The second-order valence-corrected chi connectivity index (χ2v) is 17.3. The molecule has 1 unspecified atom stereocenters. The van der Waals surface area contributed by atoms with E-state index < -0.39 is 0 Å². The van der Waals surface area contributed by atoms with Gasteiger partial charge in [0.1, 0.15) is 0 Å². The lowest BCUT2D eigenvalue weighted by Crippen LogP contribution is -2.10. The first-order chi connectivity index (χ1) is 31.2. The molecule has 0 bridgehead atoms. The third-order valence-electron chi connectivity index (χ3n) is 12.7. The Kier molecular flexibility index (Phi) is 8.14. The molecule has 0 radical (unpaired) electrons. The molecule has 0 N–H and O–H groups in total. The largest absolute Gasteiger partial charge is 0.311 e. The van der Waals surface area contributed by atoms with E-state index in [9.17, 15) is 0 Å². The van der Waals surface area contributed by atoms with Crippen LogP contribution in [0.25, 0.3) is 104 Å². The van der Waals surface area contributed by atoms with Crippen LogP contribution >= 0.6 is 11.3 Å². The van der Waals surface area contributed by atoms with Crippen LogP contribution in [0.5, 0.6) is 0 Å². The summed E-state index contributed by atoms with van der Waals surface area (Å²) in [5.74, 6) is 2.18. The molecule has 0 saturated heterocycles. The van der Waals surface area contributed by atoms with Gasteiger partial charge in [0, 0.05) is 71.2 Å². The highest BCUT2D eigenvalue weighted by Gasteiger charge is 2.26. The Morgan fingerprint density at radius 3 is 1.75 bits per heavy atom. The molecule has 0 spiro atoms. The predicted octanol–water partition coefficient (Wildman–Crippen LogP) is 14.6. The Bertz CT molecular complexity index is 3710. The Labute approximate surface area is 367 Å². The van der Waals surface area contributed by atoms with Gasteiger partial charge < -0.3 is 9.13 Å². The van der Waals surface area contributed by atoms with Crippen LogP contribution in [-0.4, -0.2) is 24.1 Å². The van der Waals surface area contributed by atoms with Crippen LogP contribution in [0, 0.1) is 0 Å². The highest BCUT2D eigenvalue weighted by atomic mass is 32.1. The van der Waals surface area contributed by atoms with Crippen LogP contribution in [0.3, 0.4) is 0 Å². The molecule has 0 amide bonds. The highest BCUT2D eigenvalue weighted by Crippen LogP contribution is 2.46. The van der Waals surface area contributed by atoms with Gasteiger partial charge in [-0.25, -0.2) is 15.0 Å². The van der Waals surface area contributed by atoms with Gasteiger partial charge in [0.2, 0.25) is 0 Å². The van der Waals surface area contributed by atoms with E-state index >= 15 is 0 Å². The van der Waals surface area contributed by atoms with E-state index in [0.717, 1.165) is 27.8 Å². The fraction of sp³-hybridized carbons (Fsp3) is 0.0351. The first-order valence-electron chi connectivity index (χ1n) is 21.5. The van der Waals surface area contributed by atoms with Crippen molar-refractivity contribution >= 4 is 70.3 Å². The fourth-order valence-electron chi connectivity index (χ4n) is 9.86. The lowest BCUT2D eigenvalue weighted by atomic mass is 9.87. The Hall–Kier alpha value is -7.93. The molecule has 0 aliphatic heterocycles. The highest BCUT2D eigenvalue weighted by molar-refractivity contribution is 7.26. The number of nitrogens with zero attached hydrogens (tertiary/aromatic N) is 5. The van der Waals surface area contributed by atoms with Crippen molar-refractivity contribution in [1.29, 1.82) is 0 Å². The maximum atomic E-state index is 5.15. The molecule has 4 heterocycles. The summed E-state index contributed by atoms with van der Waals surface area (Å²) >= 11 is 1.83. The number of thiophene rings is 1. The van der Waals surface area contributed by atoms with E-state index in [4.69, 9.17) is 15.0 Å².